The molecule has 0 bridgehead atoms. The number of ether oxygens (including phenoxy) is 5. The lowest BCUT2D eigenvalue weighted by Crippen LogP contribution is -2.63. The Labute approximate surface area is 322 Å². The molecule has 0 aliphatic carbocycles. The van der Waals surface area contributed by atoms with Crippen molar-refractivity contribution in [2.75, 3.05) is 6.61 Å². The lowest BCUT2D eigenvalue weighted by atomic mass is 9.94. The summed E-state index contributed by atoms with van der Waals surface area (Å²) in [6.07, 6.45) is -6.68. The Morgan fingerprint density at radius 2 is 1.00 bits per heavy atom. The highest BCUT2D eigenvalue weighted by atomic mass is 32.2. The Morgan fingerprint density at radius 1 is 0.589 bits per heavy atom. The molecule has 1 saturated heterocycles. The average molecular weight is 777 g/mol. The molecule has 5 aromatic rings. The second kappa shape index (κ2) is 18.1. The molecule has 0 saturated carbocycles. The van der Waals surface area contributed by atoms with Crippen LogP contribution in [0.25, 0.3) is 0 Å². The fourth-order valence-electron chi connectivity index (χ4n) is 5.66. The summed E-state index contributed by atoms with van der Waals surface area (Å²) >= 11 is 0. The smallest absolute Gasteiger partial charge is 0.338 e. The van der Waals surface area contributed by atoms with E-state index in [1.807, 2.05) is 0 Å². The molecule has 13 nitrogen and oxygen atoms in total. The minimum Gasteiger partial charge on any atom is -0.459 e. The van der Waals surface area contributed by atoms with E-state index in [1.165, 1.54) is 60.7 Å². The van der Waals surface area contributed by atoms with Crippen LogP contribution in [0.2, 0.25) is 0 Å². The van der Waals surface area contributed by atoms with Crippen LogP contribution in [-0.4, -0.2) is 75.6 Å². The van der Waals surface area contributed by atoms with Gasteiger partial charge in [-0.15, -0.1) is 0 Å². The van der Waals surface area contributed by atoms with Crippen molar-refractivity contribution >= 4 is 40.1 Å². The number of carbonyl (C=O) groups excluding carboxylic acids is 4. The van der Waals surface area contributed by atoms with Gasteiger partial charge in [-0.05, 0) is 67.6 Å². The Balaban J connectivity index is 1.41. The molecule has 1 heterocycles. The Kier molecular flexibility index (Phi) is 12.6. The molecule has 286 valence electrons. The molecule has 1 N–H and O–H groups in total. The number of hydrazone groups is 1. The van der Waals surface area contributed by atoms with Crippen molar-refractivity contribution in [3.8, 4) is 0 Å². The summed E-state index contributed by atoms with van der Waals surface area (Å²) in [4.78, 5) is 56.2. The van der Waals surface area contributed by atoms with Crippen molar-refractivity contribution in [3.63, 3.8) is 0 Å². The first-order chi connectivity index (χ1) is 27.1. The van der Waals surface area contributed by atoms with Gasteiger partial charge in [-0.2, -0.15) is 13.5 Å². The normalized spacial score (nSPS) is 19.3. The van der Waals surface area contributed by atoms with Crippen LogP contribution in [0.5, 0.6) is 0 Å². The molecule has 1 aliphatic rings. The minimum atomic E-state index is -4.19. The van der Waals surface area contributed by atoms with Crippen molar-refractivity contribution in [2.45, 2.75) is 42.3 Å². The van der Waals surface area contributed by atoms with Gasteiger partial charge < -0.3 is 23.7 Å². The van der Waals surface area contributed by atoms with E-state index in [0.717, 1.165) is 11.8 Å². The molecule has 0 spiro atoms. The number of nitrogens with zero attached hydrogens (tertiary/aromatic N) is 1. The fourth-order valence-corrected chi connectivity index (χ4v) is 6.46. The third kappa shape index (κ3) is 9.91. The molecule has 6 rings (SSSR count). The van der Waals surface area contributed by atoms with E-state index in [9.17, 15) is 27.6 Å². The van der Waals surface area contributed by atoms with E-state index in [0.29, 0.717) is 0 Å². The van der Waals surface area contributed by atoms with Crippen LogP contribution in [0.1, 0.15) is 47.0 Å². The van der Waals surface area contributed by atoms with E-state index < -0.39 is 71.0 Å². The zero-order valence-corrected chi connectivity index (χ0v) is 30.7. The third-order valence-electron chi connectivity index (χ3n) is 8.54. The van der Waals surface area contributed by atoms with E-state index in [-0.39, 0.29) is 27.1 Å². The van der Waals surface area contributed by atoms with Gasteiger partial charge in [0.15, 0.2) is 18.3 Å². The maximum absolute atomic E-state index is 13.8. The molecule has 5 atom stereocenters. The molecular weight excluding hydrogens is 741 g/mol. The van der Waals surface area contributed by atoms with Crippen LogP contribution < -0.4 is 4.83 Å². The van der Waals surface area contributed by atoms with Gasteiger partial charge in [-0.3, -0.25) is 0 Å². The number of benzene rings is 5. The summed E-state index contributed by atoms with van der Waals surface area (Å²) in [5.41, 5.74) is 1.42. The molecule has 14 heteroatoms. The van der Waals surface area contributed by atoms with Gasteiger partial charge in [0, 0.05) is 0 Å². The highest BCUT2D eigenvalue weighted by Gasteiger charge is 2.52. The Hall–Kier alpha value is -6.64. The SMILES string of the molecule is Cc1ccc(S(=O)(=O)N/N=C/[C@@H]2O[C@H](COC(=O)c3ccccc3)[C@@H](OC(=O)c3ccccc3)[C@H](OC(=O)c3ccccc3)[C@H]2OC(=O)c2ccccc2)cc1. The van der Waals surface area contributed by atoms with Crippen molar-refractivity contribution in [1.29, 1.82) is 0 Å². The summed E-state index contributed by atoms with van der Waals surface area (Å²) in [6, 6.07) is 37.9. The van der Waals surface area contributed by atoms with Crippen molar-refractivity contribution in [3.05, 3.63) is 173 Å². The third-order valence-corrected chi connectivity index (χ3v) is 9.78. The molecule has 56 heavy (non-hydrogen) atoms. The lowest BCUT2D eigenvalue weighted by Gasteiger charge is -2.43. The summed E-state index contributed by atoms with van der Waals surface area (Å²) in [7, 11) is -4.19. The van der Waals surface area contributed by atoms with Crippen LogP contribution >= 0.6 is 0 Å². The van der Waals surface area contributed by atoms with Gasteiger partial charge in [0.2, 0.25) is 0 Å². The number of hydrogen-bond acceptors (Lipinski definition) is 12. The highest BCUT2D eigenvalue weighted by molar-refractivity contribution is 7.89. The van der Waals surface area contributed by atoms with E-state index >= 15 is 0 Å². The van der Waals surface area contributed by atoms with Gasteiger partial charge in [-0.25, -0.2) is 24.0 Å². The van der Waals surface area contributed by atoms with E-state index in [2.05, 4.69) is 9.93 Å². The number of aryl methyl sites for hydroxylation is 1. The summed E-state index contributed by atoms with van der Waals surface area (Å²) in [5, 5.41) is 3.94. The van der Waals surface area contributed by atoms with Crippen LogP contribution in [0.15, 0.2) is 156 Å². The predicted molar refractivity (Wildman–Crippen MR) is 202 cm³/mol. The first-order valence-corrected chi connectivity index (χ1v) is 18.8. The summed E-state index contributed by atoms with van der Waals surface area (Å²) in [6.45, 7) is 1.25. The molecule has 0 unspecified atom stereocenters. The lowest BCUT2D eigenvalue weighted by molar-refractivity contribution is -0.211. The Morgan fingerprint density at radius 3 is 1.46 bits per heavy atom. The molecule has 5 aromatic carbocycles. The van der Waals surface area contributed by atoms with Crippen LogP contribution in [0.4, 0.5) is 0 Å². The average Bonchev–Trinajstić information content (AvgIpc) is 3.23. The number of rotatable bonds is 13. The molecular formula is C42H36N2O11S. The zero-order valence-electron chi connectivity index (χ0n) is 29.9. The van der Waals surface area contributed by atoms with Gasteiger partial charge >= 0.3 is 23.9 Å². The molecule has 1 aliphatic heterocycles. The van der Waals surface area contributed by atoms with Gasteiger partial charge in [0.05, 0.1) is 33.4 Å². The fraction of sp³-hybridized carbons (Fsp3) is 0.167. The monoisotopic (exact) mass is 776 g/mol. The van der Waals surface area contributed by atoms with Crippen molar-refractivity contribution in [1.82, 2.24) is 4.83 Å². The topological polar surface area (TPSA) is 173 Å². The molecule has 0 aromatic heterocycles. The number of esters is 4. The zero-order chi connectivity index (χ0) is 39.5. The predicted octanol–water partition coefficient (Wildman–Crippen LogP) is 5.56. The molecule has 0 amide bonds. The van der Waals surface area contributed by atoms with Gasteiger partial charge in [-0.1, -0.05) is 90.5 Å². The maximum Gasteiger partial charge on any atom is 0.338 e. The van der Waals surface area contributed by atoms with Crippen molar-refractivity contribution < 1.29 is 51.3 Å². The van der Waals surface area contributed by atoms with Crippen molar-refractivity contribution in [2.24, 2.45) is 5.10 Å². The summed E-state index contributed by atoms with van der Waals surface area (Å²) < 4.78 is 56.2. The largest absolute Gasteiger partial charge is 0.459 e. The minimum absolute atomic E-state index is 0.0786. The quantitative estimate of drug-likeness (QED) is 0.0687. The van der Waals surface area contributed by atoms with Gasteiger partial charge in [0.25, 0.3) is 10.0 Å². The first-order valence-electron chi connectivity index (χ1n) is 17.4. The second-order valence-electron chi connectivity index (χ2n) is 12.5. The number of hydrogen-bond donors (Lipinski definition) is 1. The van der Waals surface area contributed by atoms with Crippen LogP contribution in [0, 0.1) is 6.92 Å². The van der Waals surface area contributed by atoms with Crippen LogP contribution in [0.3, 0.4) is 0 Å². The van der Waals surface area contributed by atoms with Crippen LogP contribution in [-0.2, 0) is 33.7 Å². The number of carbonyl (C=O) groups is 4. The van der Waals surface area contributed by atoms with E-state index in [1.54, 1.807) is 91.9 Å². The molecule has 0 radical (unpaired) electrons. The highest BCUT2D eigenvalue weighted by Crippen LogP contribution is 2.31. The van der Waals surface area contributed by atoms with E-state index in [4.69, 9.17) is 23.7 Å². The standard InChI is InChI=1S/C42H36N2O11S/c1-28-22-24-33(25-23-28)56(49,50)44-43-26-34-36(53-40(46)30-16-8-3-9-17-30)38(55-42(48)32-20-12-5-13-21-32)37(54-41(47)31-18-10-4-11-19-31)35(52-34)27-51-39(45)29-14-6-2-7-15-29/h2-26,34-38,44H,27H2,1H3/b43-26+/t34-,35+,36-,37+,38+/m0/s1. The number of nitrogens with one attached hydrogen (secondary N) is 1. The first kappa shape index (κ1) is 39.1. The molecule has 1 fully saturated rings. The summed E-state index contributed by atoms with van der Waals surface area (Å²) in [5.74, 6) is -3.35. The van der Waals surface area contributed by atoms with Gasteiger partial charge in [0.1, 0.15) is 18.8 Å². The Bertz CT molecular complexity index is 2260. The number of sulfonamides is 1. The second-order valence-corrected chi connectivity index (χ2v) is 14.2. The maximum atomic E-state index is 13.8.